The van der Waals surface area contributed by atoms with Crippen molar-refractivity contribution in [2.24, 2.45) is 5.92 Å². The molecule has 30 heavy (non-hydrogen) atoms. The largest absolute Gasteiger partial charge is 0.355 e. The molecule has 0 spiro atoms. The maximum atomic E-state index is 12.6. The minimum atomic E-state index is -0.151. The molecule has 0 radical (unpaired) electrons. The Morgan fingerprint density at radius 1 is 1.17 bits per heavy atom. The van der Waals surface area contributed by atoms with Crippen LogP contribution in [-0.2, 0) is 4.79 Å². The summed E-state index contributed by atoms with van der Waals surface area (Å²) in [6.45, 7) is 9.93. The number of aryl methyl sites for hydroxylation is 1. The molecule has 7 heteroatoms. The van der Waals surface area contributed by atoms with Crippen molar-refractivity contribution in [1.82, 2.24) is 25.1 Å². The molecule has 0 unspecified atom stereocenters. The zero-order chi connectivity index (χ0) is 21.3. The summed E-state index contributed by atoms with van der Waals surface area (Å²) in [7, 11) is 0. The van der Waals surface area contributed by atoms with Crippen molar-refractivity contribution in [2.45, 2.75) is 52.5 Å². The minimum absolute atomic E-state index is 0.0635. The summed E-state index contributed by atoms with van der Waals surface area (Å²) in [5.41, 5.74) is 2.75. The van der Waals surface area contributed by atoms with E-state index in [2.05, 4.69) is 60.2 Å². The third-order valence-electron chi connectivity index (χ3n) is 6.06. The fourth-order valence-electron chi connectivity index (χ4n) is 3.81. The maximum absolute atomic E-state index is 12.6. The molecular weight excluding hydrogens is 376 g/mol. The summed E-state index contributed by atoms with van der Waals surface area (Å²) in [6, 6.07) is 12.1. The van der Waals surface area contributed by atoms with E-state index in [0.29, 0.717) is 0 Å². The van der Waals surface area contributed by atoms with Gasteiger partial charge in [-0.2, -0.15) is 4.52 Å². The van der Waals surface area contributed by atoms with Gasteiger partial charge in [-0.05, 0) is 58.2 Å². The Hall–Kier alpha value is -2.96. The zero-order valence-corrected chi connectivity index (χ0v) is 18.2. The van der Waals surface area contributed by atoms with Crippen molar-refractivity contribution in [3.63, 3.8) is 0 Å². The number of anilines is 1. The number of hydrogen-bond donors (Lipinski definition) is 1. The van der Waals surface area contributed by atoms with E-state index in [9.17, 15) is 4.79 Å². The highest BCUT2D eigenvalue weighted by Crippen LogP contribution is 2.25. The van der Waals surface area contributed by atoms with Gasteiger partial charge in [-0.25, -0.2) is 0 Å². The fourth-order valence-corrected chi connectivity index (χ4v) is 3.81. The predicted molar refractivity (Wildman–Crippen MR) is 118 cm³/mol. The number of piperidine rings is 1. The van der Waals surface area contributed by atoms with Crippen LogP contribution in [0.1, 0.15) is 45.6 Å². The summed E-state index contributed by atoms with van der Waals surface area (Å²) >= 11 is 0. The van der Waals surface area contributed by atoms with Gasteiger partial charge in [0.25, 0.3) is 0 Å². The summed E-state index contributed by atoms with van der Waals surface area (Å²) in [5.74, 6) is 1.87. The van der Waals surface area contributed by atoms with Gasteiger partial charge in [0.05, 0.1) is 0 Å². The first-order chi connectivity index (χ1) is 14.4. The van der Waals surface area contributed by atoms with Crippen LogP contribution in [0.4, 0.5) is 5.82 Å². The fraction of sp³-hybridized carbons (Fsp3) is 0.478. The van der Waals surface area contributed by atoms with Crippen molar-refractivity contribution < 1.29 is 4.79 Å². The van der Waals surface area contributed by atoms with Gasteiger partial charge in [0.15, 0.2) is 11.5 Å². The van der Waals surface area contributed by atoms with E-state index in [0.717, 1.165) is 55.2 Å². The quantitative estimate of drug-likeness (QED) is 0.700. The Morgan fingerprint density at radius 3 is 2.63 bits per heavy atom. The molecule has 0 saturated carbocycles. The molecule has 4 rings (SSSR count). The molecule has 1 amide bonds. The van der Waals surface area contributed by atoms with Gasteiger partial charge in [-0.15, -0.1) is 15.3 Å². The van der Waals surface area contributed by atoms with Crippen molar-refractivity contribution in [2.75, 3.05) is 18.0 Å². The first kappa shape index (κ1) is 20.3. The molecule has 1 saturated heterocycles. The number of benzene rings is 1. The Balaban J connectivity index is 1.50. The van der Waals surface area contributed by atoms with E-state index in [1.54, 1.807) is 0 Å². The van der Waals surface area contributed by atoms with Crippen molar-refractivity contribution in [3.05, 3.63) is 42.0 Å². The zero-order valence-electron chi connectivity index (χ0n) is 18.2. The third-order valence-corrected chi connectivity index (χ3v) is 6.06. The lowest BCUT2D eigenvalue weighted by atomic mass is 9.93. The van der Waals surface area contributed by atoms with Crippen LogP contribution in [0.5, 0.6) is 0 Å². The van der Waals surface area contributed by atoms with Crippen LogP contribution in [0.3, 0.4) is 0 Å². The van der Waals surface area contributed by atoms with Crippen LogP contribution >= 0.6 is 0 Å². The van der Waals surface area contributed by atoms with E-state index in [4.69, 9.17) is 5.10 Å². The second kappa shape index (κ2) is 8.05. The number of aromatic nitrogens is 4. The molecule has 158 valence electrons. The Bertz CT molecular complexity index is 1050. The van der Waals surface area contributed by atoms with Crippen LogP contribution in [0.25, 0.3) is 17.0 Å². The number of carbonyl (C=O) groups excluding carboxylic acids is 1. The van der Waals surface area contributed by atoms with Gasteiger partial charge in [0.2, 0.25) is 5.91 Å². The van der Waals surface area contributed by atoms with E-state index in [1.807, 2.05) is 28.8 Å². The smallest absolute Gasteiger partial charge is 0.223 e. The number of fused-ring (bicyclic) bond motifs is 1. The summed E-state index contributed by atoms with van der Waals surface area (Å²) in [4.78, 5) is 14.9. The topological polar surface area (TPSA) is 75.4 Å². The second-order valence-electron chi connectivity index (χ2n) is 8.84. The molecule has 0 aliphatic carbocycles. The first-order valence-electron chi connectivity index (χ1n) is 10.7. The van der Waals surface area contributed by atoms with Crippen LogP contribution in [0, 0.1) is 12.8 Å². The minimum Gasteiger partial charge on any atom is -0.355 e. The molecule has 3 heterocycles. The van der Waals surface area contributed by atoms with Gasteiger partial charge < -0.3 is 10.2 Å². The molecule has 2 aromatic heterocycles. The van der Waals surface area contributed by atoms with Gasteiger partial charge in [0.1, 0.15) is 5.82 Å². The summed E-state index contributed by atoms with van der Waals surface area (Å²) in [6.07, 6.45) is 2.58. The lowest BCUT2D eigenvalue weighted by Gasteiger charge is -2.34. The van der Waals surface area contributed by atoms with E-state index < -0.39 is 0 Å². The Labute approximate surface area is 177 Å². The highest BCUT2D eigenvalue weighted by Gasteiger charge is 2.29. The van der Waals surface area contributed by atoms with Gasteiger partial charge >= 0.3 is 0 Å². The number of carbonyl (C=O) groups is 1. The SMILES string of the molecule is CCC(C)(C)NC(=O)C1CCN(c2ccc3nnc(-c4cccc(C)c4)n3n2)CC1. The van der Waals surface area contributed by atoms with Crippen LogP contribution in [0.15, 0.2) is 36.4 Å². The maximum Gasteiger partial charge on any atom is 0.223 e. The molecule has 1 fully saturated rings. The van der Waals surface area contributed by atoms with Crippen molar-refractivity contribution in [3.8, 4) is 11.4 Å². The lowest BCUT2D eigenvalue weighted by molar-refractivity contribution is -0.127. The molecule has 1 aromatic carbocycles. The Kier molecular flexibility index (Phi) is 5.45. The average molecular weight is 407 g/mol. The summed E-state index contributed by atoms with van der Waals surface area (Å²) in [5, 5.41) is 16.6. The number of amides is 1. The lowest BCUT2D eigenvalue weighted by Crippen LogP contribution is -2.48. The molecule has 1 N–H and O–H groups in total. The first-order valence-corrected chi connectivity index (χ1v) is 10.7. The normalized spacial score (nSPS) is 15.5. The number of hydrogen-bond acceptors (Lipinski definition) is 5. The number of nitrogens with one attached hydrogen (secondary N) is 1. The van der Waals surface area contributed by atoms with Crippen LogP contribution < -0.4 is 10.2 Å². The molecule has 0 bridgehead atoms. The van der Waals surface area contributed by atoms with Crippen LogP contribution in [0.2, 0.25) is 0 Å². The molecule has 1 aliphatic rings. The highest BCUT2D eigenvalue weighted by molar-refractivity contribution is 5.79. The summed E-state index contributed by atoms with van der Waals surface area (Å²) < 4.78 is 1.81. The van der Waals surface area contributed by atoms with E-state index in [1.165, 1.54) is 5.56 Å². The second-order valence-corrected chi connectivity index (χ2v) is 8.84. The Morgan fingerprint density at radius 2 is 1.93 bits per heavy atom. The standard InChI is InChI=1S/C23H30N6O/c1-5-23(3,4)24-22(30)17-11-13-28(14-12-17)20-10-9-19-25-26-21(29(19)27-20)18-8-6-7-16(2)15-18/h6-10,15,17H,5,11-14H2,1-4H3,(H,24,30). The van der Waals surface area contributed by atoms with E-state index in [-0.39, 0.29) is 17.4 Å². The molecular formula is C23H30N6O. The monoisotopic (exact) mass is 406 g/mol. The predicted octanol–water partition coefficient (Wildman–Crippen LogP) is 3.62. The van der Waals surface area contributed by atoms with Gasteiger partial charge in [-0.3, -0.25) is 4.79 Å². The molecule has 7 nitrogen and oxygen atoms in total. The molecule has 0 atom stereocenters. The highest BCUT2D eigenvalue weighted by atomic mass is 16.2. The average Bonchev–Trinajstić information content (AvgIpc) is 3.17. The van der Waals surface area contributed by atoms with Gasteiger partial charge in [0, 0.05) is 30.1 Å². The van der Waals surface area contributed by atoms with Crippen LogP contribution in [-0.4, -0.2) is 44.3 Å². The number of rotatable bonds is 5. The number of nitrogens with zero attached hydrogens (tertiary/aromatic N) is 5. The molecule has 3 aromatic rings. The van der Waals surface area contributed by atoms with Crippen molar-refractivity contribution >= 4 is 17.4 Å². The van der Waals surface area contributed by atoms with E-state index >= 15 is 0 Å². The molecule has 1 aliphatic heterocycles. The van der Waals surface area contributed by atoms with Crippen molar-refractivity contribution in [1.29, 1.82) is 0 Å². The van der Waals surface area contributed by atoms with Gasteiger partial charge in [-0.1, -0.05) is 30.7 Å². The third kappa shape index (κ3) is 4.15.